The van der Waals surface area contributed by atoms with Crippen molar-refractivity contribution in [2.45, 2.75) is 13.5 Å². The van der Waals surface area contributed by atoms with Gasteiger partial charge in [-0.25, -0.2) is 0 Å². The minimum atomic E-state index is -0.245. The lowest BCUT2D eigenvalue weighted by Gasteiger charge is -2.27. The normalized spacial score (nSPS) is 13.8. The van der Waals surface area contributed by atoms with Gasteiger partial charge in [0.15, 0.2) is 0 Å². The number of thiophene rings is 1. The number of nitrogens with one attached hydrogen (secondary N) is 1. The summed E-state index contributed by atoms with van der Waals surface area (Å²) in [6.45, 7) is 4.57. The number of carbonyl (C=O) groups is 2. The first kappa shape index (κ1) is 22.2. The summed E-state index contributed by atoms with van der Waals surface area (Å²) in [5, 5.41) is 3.57. The summed E-state index contributed by atoms with van der Waals surface area (Å²) >= 11 is 1.44. The average Bonchev–Trinajstić information content (AvgIpc) is 3.16. The van der Waals surface area contributed by atoms with Gasteiger partial charge in [-0.15, -0.1) is 11.3 Å². The molecule has 1 aromatic heterocycles. The first-order valence-electron chi connectivity index (χ1n) is 10.5. The van der Waals surface area contributed by atoms with Crippen LogP contribution < -0.4 is 5.32 Å². The van der Waals surface area contributed by atoms with E-state index in [9.17, 15) is 9.59 Å². The third-order valence-electron chi connectivity index (χ3n) is 5.45. The monoisotopic (exact) mass is 450 g/mol. The highest BCUT2D eigenvalue weighted by molar-refractivity contribution is 7.20. The molecule has 0 radical (unpaired) electrons. The van der Waals surface area contributed by atoms with E-state index in [0.717, 1.165) is 21.6 Å². The number of anilines is 1. The molecule has 7 heteroatoms. The van der Waals surface area contributed by atoms with Gasteiger partial charge < -0.3 is 19.7 Å². The number of rotatable bonds is 6. The fourth-order valence-electron chi connectivity index (χ4n) is 3.74. The molecule has 1 aliphatic rings. The van der Waals surface area contributed by atoms with E-state index in [1.165, 1.54) is 11.3 Å². The Bertz CT molecular complexity index is 1090. The molecule has 2 aromatic carbocycles. The number of hydrogen-bond donors (Lipinski definition) is 1. The van der Waals surface area contributed by atoms with Crippen LogP contribution in [0.15, 0.2) is 54.6 Å². The van der Waals surface area contributed by atoms with E-state index >= 15 is 0 Å². The molecule has 166 valence electrons. The summed E-state index contributed by atoms with van der Waals surface area (Å²) in [5.74, 6) is -0.319. The molecule has 3 aromatic rings. The van der Waals surface area contributed by atoms with Gasteiger partial charge in [-0.05, 0) is 35.7 Å². The number of methoxy groups -OCH3 is 1. The smallest absolute Gasteiger partial charge is 0.257 e. The van der Waals surface area contributed by atoms with Crippen LogP contribution in [0.3, 0.4) is 0 Å². The van der Waals surface area contributed by atoms with E-state index in [-0.39, 0.29) is 11.8 Å². The molecule has 0 bridgehead atoms. The first-order chi connectivity index (χ1) is 15.6. The molecule has 1 N–H and O–H groups in total. The number of amides is 2. The summed E-state index contributed by atoms with van der Waals surface area (Å²) in [5.41, 5.74) is 3.98. The van der Waals surface area contributed by atoms with E-state index in [2.05, 4.69) is 5.32 Å². The Morgan fingerprint density at radius 1 is 1.06 bits per heavy atom. The van der Waals surface area contributed by atoms with Gasteiger partial charge in [0.1, 0.15) is 5.00 Å². The van der Waals surface area contributed by atoms with Gasteiger partial charge in [-0.2, -0.15) is 0 Å². The standard InChI is InChI=1S/C25H26N2O4S/c1-17-21(25(29)27-12-14-31-15-13-27)24(32-22(17)19-6-4-3-5-7-19)26-23(28)20-10-8-18(9-11-20)16-30-2/h3-11H,12-16H2,1-2H3,(H,26,28). The van der Waals surface area contributed by atoms with Crippen LogP contribution >= 0.6 is 11.3 Å². The van der Waals surface area contributed by atoms with E-state index < -0.39 is 0 Å². The second-order valence-corrected chi connectivity index (χ2v) is 8.64. The molecule has 4 rings (SSSR count). The largest absolute Gasteiger partial charge is 0.380 e. The Morgan fingerprint density at radius 2 is 1.75 bits per heavy atom. The van der Waals surface area contributed by atoms with Crippen molar-refractivity contribution in [3.63, 3.8) is 0 Å². The number of hydrogen-bond acceptors (Lipinski definition) is 5. The predicted octanol–water partition coefficient (Wildman–Crippen LogP) is 4.59. The van der Waals surface area contributed by atoms with Crippen molar-refractivity contribution >= 4 is 28.2 Å². The molecule has 0 unspecified atom stereocenters. The van der Waals surface area contributed by atoms with Gasteiger partial charge in [-0.1, -0.05) is 42.5 Å². The fourth-order valence-corrected chi connectivity index (χ4v) is 4.94. The number of benzene rings is 2. The molecule has 1 saturated heterocycles. The van der Waals surface area contributed by atoms with Gasteiger partial charge >= 0.3 is 0 Å². The lowest BCUT2D eigenvalue weighted by Crippen LogP contribution is -2.41. The van der Waals surface area contributed by atoms with Crippen LogP contribution in [0.4, 0.5) is 5.00 Å². The molecule has 2 amide bonds. The molecular weight excluding hydrogens is 424 g/mol. The van der Waals surface area contributed by atoms with Gasteiger partial charge in [-0.3, -0.25) is 9.59 Å². The van der Waals surface area contributed by atoms with Crippen LogP contribution in [0.5, 0.6) is 0 Å². The summed E-state index contributed by atoms with van der Waals surface area (Å²) in [6, 6.07) is 17.2. The summed E-state index contributed by atoms with van der Waals surface area (Å²) in [6.07, 6.45) is 0. The van der Waals surface area contributed by atoms with Crippen molar-refractivity contribution in [3.05, 3.63) is 76.9 Å². The lowest BCUT2D eigenvalue weighted by molar-refractivity contribution is 0.0303. The van der Waals surface area contributed by atoms with Crippen LogP contribution in [0.1, 0.15) is 31.8 Å². The molecule has 2 heterocycles. The molecule has 0 aliphatic carbocycles. The van der Waals surface area contributed by atoms with E-state index in [0.29, 0.717) is 49.0 Å². The van der Waals surface area contributed by atoms with Crippen molar-refractivity contribution in [2.75, 3.05) is 38.7 Å². The minimum Gasteiger partial charge on any atom is -0.380 e. The number of morpholine rings is 1. The second-order valence-electron chi connectivity index (χ2n) is 7.61. The number of nitrogens with zero attached hydrogens (tertiary/aromatic N) is 1. The fraction of sp³-hybridized carbons (Fsp3) is 0.280. The quantitative estimate of drug-likeness (QED) is 0.596. The van der Waals surface area contributed by atoms with Gasteiger partial charge in [0.2, 0.25) is 0 Å². The molecule has 0 atom stereocenters. The molecular formula is C25H26N2O4S. The zero-order valence-corrected chi connectivity index (χ0v) is 19.0. The Balaban J connectivity index is 1.67. The minimum absolute atomic E-state index is 0.0741. The number of carbonyl (C=O) groups excluding carboxylic acids is 2. The summed E-state index contributed by atoms with van der Waals surface area (Å²) in [4.78, 5) is 29.2. The number of ether oxygens (including phenoxy) is 2. The summed E-state index contributed by atoms with van der Waals surface area (Å²) < 4.78 is 10.5. The lowest BCUT2D eigenvalue weighted by atomic mass is 10.1. The van der Waals surface area contributed by atoms with Crippen LogP contribution in [0, 0.1) is 6.92 Å². The van der Waals surface area contributed by atoms with Crippen molar-refractivity contribution in [1.82, 2.24) is 4.90 Å². The zero-order valence-electron chi connectivity index (χ0n) is 18.2. The topological polar surface area (TPSA) is 67.9 Å². The van der Waals surface area contributed by atoms with Crippen LogP contribution in [-0.4, -0.2) is 50.1 Å². The highest BCUT2D eigenvalue weighted by Gasteiger charge is 2.28. The molecule has 1 aliphatic heterocycles. The van der Waals surface area contributed by atoms with Gasteiger partial charge in [0, 0.05) is 30.6 Å². The Kier molecular flexibility index (Phi) is 6.99. The molecule has 0 saturated carbocycles. The van der Waals surface area contributed by atoms with Crippen LogP contribution in [0.2, 0.25) is 0 Å². The first-order valence-corrected chi connectivity index (χ1v) is 11.3. The van der Waals surface area contributed by atoms with Crippen LogP contribution in [0.25, 0.3) is 10.4 Å². The maximum Gasteiger partial charge on any atom is 0.257 e. The van der Waals surface area contributed by atoms with Crippen molar-refractivity contribution in [3.8, 4) is 10.4 Å². The third kappa shape index (κ3) is 4.75. The van der Waals surface area contributed by atoms with Crippen molar-refractivity contribution in [1.29, 1.82) is 0 Å². The SMILES string of the molecule is COCc1ccc(C(=O)Nc2sc(-c3ccccc3)c(C)c2C(=O)N2CCOCC2)cc1. The van der Waals surface area contributed by atoms with Crippen LogP contribution in [-0.2, 0) is 16.1 Å². The highest BCUT2D eigenvalue weighted by atomic mass is 32.1. The molecule has 6 nitrogen and oxygen atoms in total. The third-order valence-corrected chi connectivity index (χ3v) is 6.71. The molecule has 32 heavy (non-hydrogen) atoms. The summed E-state index contributed by atoms with van der Waals surface area (Å²) in [7, 11) is 1.64. The maximum absolute atomic E-state index is 13.4. The van der Waals surface area contributed by atoms with Gasteiger partial charge in [0.25, 0.3) is 11.8 Å². The Morgan fingerprint density at radius 3 is 2.41 bits per heavy atom. The second kappa shape index (κ2) is 10.1. The van der Waals surface area contributed by atoms with E-state index in [4.69, 9.17) is 9.47 Å². The Hall–Kier alpha value is -3.00. The van der Waals surface area contributed by atoms with Crippen molar-refractivity contribution < 1.29 is 19.1 Å². The molecule has 1 fully saturated rings. The van der Waals surface area contributed by atoms with Gasteiger partial charge in [0.05, 0.1) is 25.4 Å². The Labute approximate surface area is 191 Å². The average molecular weight is 451 g/mol. The predicted molar refractivity (Wildman–Crippen MR) is 126 cm³/mol. The maximum atomic E-state index is 13.4. The van der Waals surface area contributed by atoms with Crippen molar-refractivity contribution in [2.24, 2.45) is 0 Å². The highest BCUT2D eigenvalue weighted by Crippen LogP contribution is 2.40. The molecule has 0 spiro atoms. The van der Waals surface area contributed by atoms with E-state index in [1.54, 1.807) is 24.1 Å². The van der Waals surface area contributed by atoms with E-state index in [1.807, 2.05) is 49.4 Å². The zero-order chi connectivity index (χ0) is 22.5.